The minimum absolute atomic E-state index is 0.176. The number of rotatable bonds is 8. The SMILES string of the molecule is C=CCNC(=O)c1ccccc1NC(=O)CSc1ccc(OC)cc1. The fraction of sp³-hybridized carbons (Fsp3) is 0.158. The van der Waals surface area contributed by atoms with E-state index in [-0.39, 0.29) is 17.6 Å². The number of nitrogens with one attached hydrogen (secondary N) is 2. The molecule has 130 valence electrons. The number of para-hydroxylation sites is 1. The Morgan fingerprint density at radius 1 is 1.16 bits per heavy atom. The average Bonchev–Trinajstić information content (AvgIpc) is 2.65. The Labute approximate surface area is 151 Å². The van der Waals surface area contributed by atoms with Crippen molar-refractivity contribution in [1.82, 2.24) is 5.32 Å². The van der Waals surface area contributed by atoms with E-state index in [2.05, 4.69) is 17.2 Å². The van der Waals surface area contributed by atoms with Crippen LogP contribution in [-0.2, 0) is 4.79 Å². The van der Waals surface area contributed by atoms with Gasteiger partial charge >= 0.3 is 0 Å². The van der Waals surface area contributed by atoms with Gasteiger partial charge in [0, 0.05) is 11.4 Å². The maximum atomic E-state index is 12.2. The maximum absolute atomic E-state index is 12.2. The number of hydrogen-bond donors (Lipinski definition) is 2. The van der Waals surface area contributed by atoms with Gasteiger partial charge in [0.15, 0.2) is 0 Å². The first-order valence-corrected chi connectivity index (χ1v) is 8.67. The van der Waals surface area contributed by atoms with Crippen molar-refractivity contribution in [3.8, 4) is 5.75 Å². The summed E-state index contributed by atoms with van der Waals surface area (Å²) < 4.78 is 5.10. The van der Waals surface area contributed by atoms with Crippen LogP contribution >= 0.6 is 11.8 Å². The van der Waals surface area contributed by atoms with Crippen LogP contribution in [0.3, 0.4) is 0 Å². The third kappa shape index (κ3) is 5.69. The molecule has 0 aliphatic rings. The molecular formula is C19H20N2O3S. The van der Waals surface area contributed by atoms with E-state index in [1.807, 2.05) is 24.3 Å². The number of carbonyl (C=O) groups is 2. The second-order valence-electron chi connectivity index (χ2n) is 5.06. The van der Waals surface area contributed by atoms with Crippen molar-refractivity contribution in [2.75, 3.05) is 24.7 Å². The Kier molecular flexibility index (Phi) is 7.10. The van der Waals surface area contributed by atoms with E-state index in [1.54, 1.807) is 37.5 Å². The second kappa shape index (κ2) is 9.54. The Hall–Kier alpha value is -2.73. The quantitative estimate of drug-likeness (QED) is 0.562. The average molecular weight is 356 g/mol. The van der Waals surface area contributed by atoms with E-state index < -0.39 is 0 Å². The predicted octanol–water partition coefficient (Wildman–Crippen LogP) is 3.34. The number of methoxy groups -OCH3 is 1. The van der Waals surface area contributed by atoms with Crippen LogP contribution in [0, 0.1) is 0 Å². The fourth-order valence-corrected chi connectivity index (χ4v) is 2.76. The summed E-state index contributed by atoms with van der Waals surface area (Å²) in [6.07, 6.45) is 1.60. The van der Waals surface area contributed by atoms with Crippen LogP contribution in [-0.4, -0.2) is 31.2 Å². The van der Waals surface area contributed by atoms with Crippen LogP contribution in [0.5, 0.6) is 5.75 Å². The number of carbonyl (C=O) groups excluding carboxylic acids is 2. The lowest BCUT2D eigenvalue weighted by Gasteiger charge is -2.11. The van der Waals surface area contributed by atoms with Gasteiger partial charge in [0.05, 0.1) is 24.1 Å². The largest absolute Gasteiger partial charge is 0.497 e. The summed E-state index contributed by atoms with van der Waals surface area (Å²) in [4.78, 5) is 25.3. The van der Waals surface area contributed by atoms with E-state index in [0.717, 1.165) is 10.6 Å². The predicted molar refractivity (Wildman–Crippen MR) is 101 cm³/mol. The lowest BCUT2D eigenvalue weighted by Crippen LogP contribution is -2.25. The zero-order valence-electron chi connectivity index (χ0n) is 14.0. The van der Waals surface area contributed by atoms with E-state index in [1.165, 1.54) is 11.8 Å². The van der Waals surface area contributed by atoms with Crippen molar-refractivity contribution in [2.45, 2.75) is 4.90 Å². The topological polar surface area (TPSA) is 67.4 Å². The first-order valence-electron chi connectivity index (χ1n) is 7.69. The third-order valence-electron chi connectivity index (χ3n) is 3.28. The summed E-state index contributed by atoms with van der Waals surface area (Å²) >= 11 is 1.41. The van der Waals surface area contributed by atoms with Crippen molar-refractivity contribution in [2.24, 2.45) is 0 Å². The summed E-state index contributed by atoms with van der Waals surface area (Å²) in [5.74, 6) is 0.589. The molecule has 0 bridgehead atoms. The van der Waals surface area contributed by atoms with E-state index in [0.29, 0.717) is 17.8 Å². The van der Waals surface area contributed by atoms with Crippen molar-refractivity contribution >= 4 is 29.3 Å². The third-order valence-corrected chi connectivity index (χ3v) is 4.29. The van der Waals surface area contributed by atoms with Crippen molar-refractivity contribution in [3.63, 3.8) is 0 Å². The summed E-state index contributed by atoms with van der Waals surface area (Å²) in [5.41, 5.74) is 0.913. The molecule has 0 aliphatic carbocycles. The summed E-state index contributed by atoms with van der Waals surface area (Å²) in [7, 11) is 1.61. The van der Waals surface area contributed by atoms with Crippen LogP contribution < -0.4 is 15.4 Å². The lowest BCUT2D eigenvalue weighted by molar-refractivity contribution is -0.113. The highest BCUT2D eigenvalue weighted by molar-refractivity contribution is 8.00. The zero-order valence-corrected chi connectivity index (χ0v) is 14.8. The highest BCUT2D eigenvalue weighted by Crippen LogP contribution is 2.22. The van der Waals surface area contributed by atoms with Crippen molar-refractivity contribution < 1.29 is 14.3 Å². The molecule has 2 rings (SSSR count). The highest BCUT2D eigenvalue weighted by atomic mass is 32.2. The minimum Gasteiger partial charge on any atom is -0.497 e. The van der Waals surface area contributed by atoms with Crippen molar-refractivity contribution in [3.05, 3.63) is 66.7 Å². The summed E-state index contributed by atoms with van der Waals surface area (Å²) in [5, 5.41) is 5.50. The molecule has 0 aliphatic heterocycles. The number of amides is 2. The molecule has 5 nitrogen and oxygen atoms in total. The monoisotopic (exact) mass is 356 g/mol. The molecule has 0 unspecified atom stereocenters. The molecule has 2 N–H and O–H groups in total. The van der Waals surface area contributed by atoms with E-state index in [9.17, 15) is 9.59 Å². The number of benzene rings is 2. The van der Waals surface area contributed by atoms with Crippen LogP contribution in [0.4, 0.5) is 5.69 Å². The van der Waals surface area contributed by atoms with E-state index in [4.69, 9.17) is 4.74 Å². The second-order valence-corrected chi connectivity index (χ2v) is 6.11. The van der Waals surface area contributed by atoms with Gasteiger partial charge in [-0.1, -0.05) is 18.2 Å². The number of ether oxygens (including phenoxy) is 1. The zero-order chi connectivity index (χ0) is 18.1. The van der Waals surface area contributed by atoms with Gasteiger partial charge in [-0.05, 0) is 36.4 Å². The van der Waals surface area contributed by atoms with Gasteiger partial charge in [-0.3, -0.25) is 9.59 Å². The molecule has 0 spiro atoms. The molecule has 25 heavy (non-hydrogen) atoms. The molecule has 0 atom stereocenters. The summed E-state index contributed by atoms with van der Waals surface area (Å²) in [6, 6.07) is 14.4. The first-order chi connectivity index (χ1) is 12.1. The number of hydrogen-bond acceptors (Lipinski definition) is 4. The van der Waals surface area contributed by atoms with Gasteiger partial charge < -0.3 is 15.4 Å². The Morgan fingerprint density at radius 3 is 2.56 bits per heavy atom. The molecule has 0 saturated carbocycles. The fourth-order valence-electron chi connectivity index (χ4n) is 2.06. The molecule has 2 aromatic rings. The molecule has 0 saturated heterocycles. The van der Waals surface area contributed by atoms with Crippen LogP contribution in [0.2, 0.25) is 0 Å². The molecule has 6 heteroatoms. The Balaban J connectivity index is 1.95. The van der Waals surface area contributed by atoms with Gasteiger partial charge in [-0.15, -0.1) is 18.3 Å². The molecule has 0 heterocycles. The normalized spacial score (nSPS) is 9.96. The molecule has 0 radical (unpaired) electrons. The number of thioether (sulfide) groups is 1. The van der Waals surface area contributed by atoms with Gasteiger partial charge in [0.1, 0.15) is 5.75 Å². The molecule has 2 amide bonds. The minimum atomic E-state index is -0.251. The molecular weight excluding hydrogens is 336 g/mol. The van der Waals surface area contributed by atoms with Gasteiger partial charge in [0.2, 0.25) is 5.91 Å². The van der Waals surface area contributed by atoms with Crippen LogP contribution in [0.15, 0.2) is 66.1 Å². The standard InChI is InChI=1S/C19H20N2O3S/c1-3-12-20-19(23)16-6-4-5-7-17(16)21-18(22)13-25-15-10-8-14(24-2)9-11-15/h3-11H,1,12-13H2,2H3,(H,20,23)(H,21,22). The van der Waals surface area contributed by atoms with Gasteiger partial charge in [-0.2, -0.15) is 0 Å². The van der Waals surface area contributed by atoms with E-state index >= 15 is 0 Å². The molecule has 0 fully saturated rings. The summed E-state index contributed by atoms with van der Waals surface area (Å²) in [6.45, 7) is 3.94. The lowest BCUT2D eigenvalue weighted by atomic mass is 10.1. The smallest absolute Gasteiger partial charge is 0.253 e. The van der Waals surface area contributed by atoms with Crippen LogP contribution in [0.25, 0.3) is 0 Å². The molecule has 0 aromatic heterocycles. The highest BCUT2D eigenvalue weighted by Gasteiger charge is 2.12. The first kappa shape index (κ1) is 18.6. The Morgan fingerprint density at radius 2 is 1.88 bits per heavy atom. The van der Waals surface area contributed by atoms with Crippen molar-refractivity contribution in [1.29, 1.82) is 0 Å². The van der Waals surface area contributed by atoms with Gasteiger partial charge in [0.25, 0.3) is 5.91 Å². The molecule has 2 aromatic carbocycles. The number of anilines is 1. The van der Waals surface area contributed by atoms with Gasteiger partial charge in [-0.25, -0.2) is 0 Å². The Bertz CT molecular complexity index is 745. The maximum Gasteiger partial charge on any atom is 0.253 e. The van der Waals surface area contributed by atoms with Crippen LogP contribution in [0.1, 0.15) is 10.4 Å².